The first-order valence-electron chi connectivity index (χ1n) is 8.04. The largest absolute Gasteiger partial charge is 0.351 e. The Kier molecular flexibility index (Phi) is 5.46. The van der Waals surface area contributed by atoms with Crippen molar-refractivity contribution in [2.24, 2.45) is 5.92 Å². The van der Waals surface area contributed by atoms with Crippen molar-refractivity contribution in [2.75, 3.05) is 19.6 Å². The molecule has 0 saturated carbocycles. The van der Waals surface area contributed by atoms with Crippen LogP contribution in [0.2, 0.25) is 0 Å². The van der Waals surface area contributed by atoms with Crippen LogP contribution in [0.1, 0.15) is 29.8 Å². The molecule has 1 aromatic heterocycles. The second kappa shape index (κ2) is 7.75. The van der Waals surface area contributed by atoms with Crippen LogP contribution in [0.4, 0.5) is 0 Å². The van der Waals surface area contributed by atoms with Gasteiger partial charge in [-0.1, -0.05) is 30.3 Å². The summed E-state index contributed by atoms with van der Waals surface area (Å²) in [5, 5.41) is 13.5. The van der Waals surface area contributed by atoms with Gasteiger partial charge >= 0.3 is 0 Å². The molecule has 23 heavy (non-hydrogen) atoms. The number of piperidine rings is 1. The number of nitrogens with one attached hydrogen (secondary N) is 3. The Morgan fingerprint density at radius 2 is 2.17 bits per heavy atom. The van der Waals surface area contributed by atoms with Gasteiger partial charge < -0.3 is 10.6 Å². The molecule has 2 aromatic rings. The predicted octanol–water partition coefficient (Wildman–Crippen LogP) is 2.96. The quantitative estimate of drug-likeness (QED) is 0.751. The van der Waals surface area contributed by atoms with Gasteiger partial charge in [0.25, 0.3) is 5.91 Å². The third kappa shape index (κ3) is 4.00. The smallest absolute Gasteiger partial charge is 0.270 e. The van der Waals surface area contributed by atoms with Gasteiger partial charge in [0.15, 0.2) is 0 Å². The van der Waals surface area contributed by atoms with Crippen molar-refractivity contribution in [3.05, 3.63) is 40.5 Å². The number of aromatic nitrogens is 2. The van der Waals surface area contributed by atoms with E-state index in [1.807, 2.05) is 30.3 Å². The SMILES string of the molecule is O=C(NCCC1CCCNC1)c1[nH]nc(-c2ccccc2)c1Br. The average molecular weight is 377 g/mol. The summed E-state index contributed by atoms with van der Waals surface area (Å²) >= 11 is 3.49. The number of amides is 1. The van der Waals surface area contributed by atoms with Gasteiger partial charge in [-0.3, -0.25) is 9.89 Å². The highest BCUT2D eigenvalue weighted by molar-refractivity contribution is 9.10. The lowest BCUT2D eigenvalue weighted by atomic mass is 9.96. The van der Waals surface area contributed by atoms with Gasteiger partial charge in [0.1, 0.15) is 11.4 Å². The van der Waals surface area contributed by atoms with Crippen molar-refractivity contribution < 1.29 is 4.79 Å². The van der Waals surface area contributed by atoms with Gasteiger partial charge in [-0.25, -0.2) is 0 Å². The topological polar surface area (TPSA) is 69.8 Å². The summed E-state index contributed by atoms with van der Waals surface area (Å²) in [6.45, 7) is 2.87. The zero-order valence-corrected chi connectivity index (χ0v) is 14.5. The van der Waals surface area contributed by atoms with Gasteiger partial charge in [0.2, 0.25) is 0 Å². The highest BCUT2D eigenvalue weighted by Crippen LogP contribution is 2.28. The van der Waals surface area contributed by atoms with Crippen molar-refractivity contribution in [1.29, 1.82) is 0 Å². The first-order chi connectivity index (χ1) is 11.3. The van der Waals surface area contributed by atoms with Crippen LogP contribution in [0.5, 0.6) is 0 Å². The average Bonchev–Trinajstić information content (AvgIpc) is 2.98. The summed E-state index contributed by atoms with van der Waals surface area (Å²) in [4.78, 5) is 12.3. The number of rotatable bonds is 5. The van der Waals surface area contributed by atoms with E-state index >= 15 is 0 Å². The van der Waals surface area contributed by atoms with Gasteiger partial charge in [-0.15, -0.1) is 0 Å². The first-order valence-corrected chi connectivity index (χ1v) is 8.83. The number of carbonyl (C=O) groups is 1. The maximum Gasteiger partial charge on any atom is 0.270 e. The van der Waals surface area contributed by atoms with Crippen LogP contribution in [-0.4, -0.2) is 35.7 Å². The summed E-state index contributed by atoms with van der Waals surface area (Å²) < 4.78 is 0.709. The lowest BCUT2D eigenvalue weighted by Gasteiger charge is -2.22. The highest BCUT2D eigenvalue weighted by Gasteiger charge is 2.19. The van der Waals surface area contributed by atoms with Gasteiger partial charge in [0.05, 0.1) is 4.47 Å². The van der Waals surface area contributed by atoms with Crippen LogP contribution in [0.15, 0.2) is 34.8 Å². The number of benzene rings is 1. The standard InChI is InChI=1S/C17H21BrN4O/c18-14-15(13-6-2-1-3-7-13)21-22-16(14)17(23)20-10-8-12-5-4-9-19-11-12/h1-3,6-7,12,19H,4-5,8-11H2,(H,20,23)(H,21,22). The fraction of sp³-hybridized carbons (Fsp3) is 0.412. The van der Waals surface area contributed by atoms with Crippen molar-refractivity contribution in [1.82, 2.24) is 20.8 Å². The van der Waals surface area contributed by atoms with Crippen LogP contribution < -0.4 is 10.6 Å². The van der Waals surface area contributed by atoms with Crippen LogP contribution in [0.25, 0.3) is 11.3 Å². The Balaban J connectivity index is 1.58. The van der Waals surface area contributed by atoms with Gasteiger partial charge in [-0.2, -0.15) is 5.10 Å². The van der Waals surface area contributed by atoms with E-state index in [9.17, 15) is 4.79 Å². The van der Waals surface area contributed by atoms with E-state index in [-0.39, 0.29) is 5.91 Å². The Morgan fingerprint density at radius 3 is 2.91 bits per heavy atom. The van der Waals surface area contributed by atoms with E-state index in [1.54, 1.807) is 0 Å². The summed E-state index contributed by atoms with van der Waals surface area (Å²) in [5.41, 5.74) is 2.21. The van der Waals surface area contributed by atoms with Crippen molar-refractivity contribution in [2.45, 2.75) is 19.3 Å². The normalized spacial score (nSPS) is 17.9. The molecule has 1 atom stereocenters. The predicted molar refractivity (Wildman–Crippen MR) is 94.3 cm³/mol. The molecule has 3 N–H and O–H groups in total. The van der Waals surface area contributed by atoms with Crippen LogP contribution in [0.3, 0.4) is 0 Å². The van der Waals surface area contributed by atoms with Crippen LogP contribution in [-0.2, 0) is 0 Å². The summed E-state index contributed by atoms with van der Waals surface area (Å²) in [7, 11) is 0. The lowest BCUT2D eigenvalue weighted by Crippen LogP contribution is -2.33. The monoisotopic (exact) mass is 376 g/mol. The molecular weight excluding hydrogens is 356 g/mol. The molecule has 3 rings (SSSR count). The number of halogens is 1. The van der Waals surface area contributed by atoms with Gasteiger partial charge in [0, 0.05) is 12.1 Å². The van der Waals surface area contributed by atoms with Crippen molar-refractivity contribution in [3.8, 4) is 11.3 Å². The number of H-pyrrole nitrogens is 1. The minimum Gasteiger partial charge on any atom is -0.351 e. The van der Waals surface area contributed by atoms with E-state index in [4.69, 9.17) is 0 Å². The second-order valence-corrected chi connectivity index (χ2v) is 6.68. The molecule has 2 heterocycles. The van der Waals surface area contributed by atoms with E-state index in [2.05, 4.69) is 36.8 Å². The zero-order valence-electron chi connectivity index (χ0n) is 12.9. The first kappa shape index (κ1) is 16.2. The van der Waals surface area contributed by atoms with E-state index in [0.717, 1.165) is 30.8 Å². The lowest BCUT2D eigenvalue weighted by molar-refractivity contribution is 0.0945. The molecule has 122 valence electrons. The highest BCUT2D eigenvalue weighted by atomic mass is 79.9. The van der Waals surface area contributed by atoms with Crippen LogP contribution in [0, 0.1) is 5.92 Å². The Labute approximate surface area is 144 Å². The summed E-state index contributed by atoms with van der Waals surface area (Å²) in [5.74, 6) is 0.546. The third-order valence-corrected chi connectivity index (χ3v) is 4.99. The second-order valence-electron chi connectivity index (χ2n) is 5.88. The third-order valence-electron chi connectivity index (χ3n) is 4.22. The molecule has 0 spiro atoms. The molecule has 1 aliphatic heterocycles. The summed E-state index contributed by atoms with van der Waals surface area (Å²) in [6.07, 6.45) is 3.48. The molecule has 1 saturated heterocycles. The molecule has 0 aliphatic carbocycles. The van der Waals surface area contributed by atoms with E-state index < -0.39 is 0 Å². The molecule has 0 bridgehead atoms. The zero-order chi connectivity index (χ0) is 16.1. The number of hydrogen-bond acceptors (Lipinski definition) is 3. The minimum atomic E-state index is -0.115. The number of aromatic amines is 1. The maximum atomic E-state index is 12.3. The number of nitrogens with zero attached hydrogens (tertiary/aromatic N) is 1. The molecule has 6 heteroatoms. The molecule has 1 fully saturated rings. The molecule has 1 amide bonds. The van der Waals surface area contributed by atoms with Crippen molar-refractivity contribution >= 4 is 21.8 Å². The molecular formula is C17H21BrN4O. The molecule has 0 radical (unpaired) electrons. The molecule has 1 aliphatic rings. The fourth-order valence-corrected chi connectivity index (χ4v) is 3.50. The van der Waals surface area contributed by atoms with E-state index in [0.29, 0.717) is 22.6 Å². The van der Waals surface area contributed by atoms with Crippen LogP contribution >= 0.6 is 15.9 Å². The number of carbonyl (C=O) groups excluding carboxylic acids is 1. The molecule has 1 unspecified atom stereocenters. The Hall–Kier alpha value is -1.66. The summed E-state index contributed by atoms with van der Waals surface area (Å²) in [6, 6.07) is 9.80. The fourth-order valence-electron chi connectivity index (χ4n) is 2.91. The van der Waals surface area contributed by atoms with E-state index in [1.165, 1.54) is 12.8 Å². The Morgan fingerprint density at radius 1 is 1.35 bits per heavy atom. The van der Waals surface area contributed by atoms with Gasteiger partial charge in [-0.05, 0) is 54.2 Å². The maximum absolute atomic E-state index is 12.3. The molecule has 5 nitrogen and oxygen atoms in total. The minimum absolute atomic E-state index is 0.115. The van der Waals surface area contributed by atoms with Crippen molar-refractivity contribution in [3.63, 3.8) is 0 Å². The number of hydrogen-bond donors (Lipinski definition) is 3. The molecule has 1 aromatic carbocycles. The Bertz CT molecular complexity index is 650.